The fourth-order valence-electron chi connectivity index (χ4n) is 3.74. The van der Waals surface area contributed by atoms with Crippen molar-refractivity contribution in [3.8, 4) is 0 Å². The lowest BCUT2D eigenvalue weighted by Crippen LogP contribution is -2.49. The summed E-state index contributed by atoms with van der Waals surface area (Å²) in [5, 5.41) is 14.1. The summed E-state index contributed by atoms with van der Waals surface area (Å²) in [6, 6.07) is 11.3. The first kappa shape index (κ1) is 17.5. The average molecular weight is 304 g/mol. The molecule has 0 heterocycles. The summed E-state index contributed by atoms with van der Waals surface area (Å²) in [6.07, 6.45) is 6.29. The van der Waals surface area contributed by atoms with Gasteiger partial charge in [-0.3, -0.25) is 0 Å². The Hall–Kier alpha value is -0.900. The van der Waals surface area contributed by atoms with Gasteiger partial charge in [-0.2, -0.15) is 0 Å². The molecule has 0 radical (unpaired) electrons. The van der Waals surface area contributed by atoms with Crippen molar-refractivity contribution in [1.29, 1.82) is 0 Å². The van der Waals surface area contributed by atoms with E-state index < -0.39 is 5.60 Å². The molecule has 1 saturated carbocycles. The normalized spacial score (nSPS) is 24.6. The number of aryl methyl sites for hydroxylation is 1. The highest BCUT2D eigenvalue weighted by atomic mass is 16.3. The largest absolute Gasteiger partial charge is 0.388 e. The van der Waals surface area contributed by atoms with Crippen LogP contribution in [0.15, 0.2) is 30.3 Å². The molecule has 1 aliphatic rings. The van der Waals surface area contributed by atoms with E-state index >= 15 is 0 Å². The van der Waals surface area contributed by atoms with Crippen molar-refractivity contribution in [2.75, 3.05) is 27.2 Å². The maximum Gasteiger partial charge on any atom is 0.0869 e. The van der Waals surface area contributed by atoms with E-state index in [9.17, 15) is 5.11 Å². The van der Waals surface area contributed by atoms with E-state index in [1.54, 1.807) is 0 Å². The quantitative estimate of drug-likeness (QED) is 0.775. The second-order valence-electron chi connectivity index (χ2n) is 7.44. The first-order valence-corrected chi connectivity index (χ1v) is 8.61. The van der Waals surface area contributed by atoms with Gasteiger partial charge in [-0.15, -0.1) is 0 Å². The topological polar surface area (TPSA) is 35.5 Å². The van der Waals surface area contributed by atoms with Gasteiger partial charge < -0.3 is 15.3 Å². The van der Waals surface area contributed by atoms with Gasteiger partial charge in [-0.25, -0.2) is 0 Å². The van der Waals surface area contributed by atoms with Gasteiger partial charge >= 0.3 is 0 Å². The van der Waals surface area contributed by atoms with Gasteiger partial charge in [-0.1, -0.05) is 36.8 Å². The van der Waals surface area contributed by atoms with Crippen molar-refractivity contribution in [1.82, 2.24) is 10.2 Å². The molecule has 3 nitrogen and oxygen atoms in total. The Labute approximate surface area is 135 Å². The molecule has 2 rings (SSSR count). The molecule has 3 atom stereocenters. The average Bonchev–Trinajstić information content (AvgIpc) is 2.90. The third-order valence-electron chi connectivity index (χ3n) is 4.71. The van der Waals surface area contributed by atoms with Gasteiger partial charge in [0.15, 0.2) is 0 Å². The number of hydrogen-bond donors (Lipinski definition) is 2. The number of hydrogen-bond acceptors (Lipinski definition) is 3. The highest BCUT2D eigenvalue weighted by molar-refractivity contribution is 5.14. The van der Waals surface area contributed by atoms with Crippen LogP contribution in [0.1, 0.15) is 38.2 Å². The summed E-state index contributed by atoms with van der Waals surface area (Å²) >= 11 is 0. The standard InChI is InChI=1S/C19H32N2O/c1-19(22,15-21(2)3)14-20-18-11-7-10-17(18)13-12-16-8-5-4-6-9-16/h4-6,8-9,17-18,20,22H,7,10-15H2,1-3H3. The summed E-state index contributed by atoms with van der Waals surface area (Å²) < 4.78 is 0. The van der Waals surface area contributed by atoms with Crippen LogP contribution in [0.4, 0.5) is 0 Å². The van der Waals surface area contributed by atoms with E-state index in [0.717, 1.165) is 12.3 Å². The second kappa shape index (κ2) is 8.09. The lowest BCUT2D eigenvalue weighted by molar-refractivity contribution is 0.0300. The molecule has 3 unspecified atom stereocenters. The van der Waals surface area contributed by atoms with Gasteiger partial charge in [0.2, 0.25) is 0 Å². The number of likely N-dealkylation sites (N-methyl/N-ethyl adjacent to an activating group) is 1. The molecule has 0 aromatic heterocycles. The van der Waals surface area contributed by atoms with Crippen LogP contribution in [-0.2, 0) is 6.42 Å². The van der Waals surface area contributed by atoms with Gasteiger partial charge in [0.25, 0.3) is 0 Å². The van der Waals surface area contributed by atoms with Crippen molar-refractivity contribution in [2.24, 2.45) is 5.92 Å². The van der Waals surface area contributed by atoms with E-state index in [1.807, 2.05) is 25.9 Å². The minimum atomic E-state index is -0.657. The highest BCUT2D eigenvalue weighted by Crippen LogP contribution is 2.29. The Balaban J connectivity index is 1.78. The third-order valence-corrected chi connectivity index (χ3v) is 4.71. The Kier molecular flexibility index (Phi) is 6.42. The molecule has 3 heteroatoms. The molecular weight excluding hydrogens is 272 g/mol. The van der Waals surface area contributed by atoms with Gasteiger partial charge in [0, 0.05) is 19.1 Å². The SMILES string of the molecule is CN(C)CC(C)(O)CNC1CCCC1CCc1ccccc1. The zero-order valence-corrected chi connectivity index (χ0v) is 14.4. The molecule has 0 amide bonds. The minimum absolute atomic E-state index is 0.567. The van der Waals surface area contributed by atoms with E-state index in [0.29, 0.717) is 19.1 Å². The first-order valence-electron chi connectivity index (χ1n) is 8.61. The number of nitrogens with one attached hydrogen (secondary N) is 1. The van der Waals surface area contributed by atoms with Crippen LogP contribution in [0.3, 0.4) is 0 Å². The summed E-state index contributed by atoms with van der Waals surface area (Å²) in [4.78, 5) is 2.04. The Morgan fingerprint density at radius 2 is 1.95 bits per heavy atom. The zero-order chi connectivity index (χ0) is 16.0. The van der Waals surface area contributed by atoms with Crippen LogP contribution in [0.2, 0.25) is 0 Å². The molecule has 1 aromatic carbocycles. The summed E-state index contributed by atoms with van der Waals surface area (Å²) in [5.41, 5.74) is 0.781. The van der Waals surface area contributed by atoms with Crippen molar-refractivity contribution >= 4 is 0 Å². The monoisotopic (exact) mass is 304 g/mol. The van der Waals surface area contributed by atoms with Crippen molar-refractivity contribution < 1.29 is 5.11 Å². The Bertz CT molecular complexity index is 430. The van der Waals surface area contributed by atoms with Gasteiger partial charge in [-0.05, 0) is 58.2 Å². The maximum absolute atomic E-state index is 10.4. The lowest BCUT2D eigenvalue weighted by atomic mass is 9.94. The van der Waals surface area contributed by atoms with E-state index in [1.165, 1.54) is 31.2 Å². The summed E-state index contributed by atoms with van der Waals surface area (Å²) in [5.74, 6) is 0.746. The van der Waals surface area contributed by atoms with Crippen LogP contribution in [0, 0.1) is 5.92 Å². The van der Waals surface area contributed by atoms with Crippen LogP contribution in [-0.4, -0.2) is 48.8 Å². The molecule has 22 heavy (non-hydrogen) atoms. The molecule has 0 aliphatic heterocycles. The first-order chi connectivity index (χ1) is 10.5. The van der Waals surface area contributed by atoms with E-state index in [4.69, 9.17) is 0 Å². The molecule has 1 aromatic rings. The van der Waals surface area contributed by atoms with Crippen LogP contribution >= 0.6 is 0 Å². The minimum Gasteiger partial charge on any atom is -0.388 e. The summed E-state index contributed by atoms with van der Waals surface area (Å²) in [7, 11) is 4.01. The number of rotatable bonds is 8. The van der Waals surface area contributed by atoms with E-state index in [-0.39, 0.29) is 0 Å². The fraction of sp³-hybridized carbons (Fsp3) is 0.684. The van der Waals surface area contributed by atoms with Crippen molar-refractivity contribution in [3.05, 3.63) is 35.9 Å². The highest BCUT2D eigenvalue weighted by Gasteiger charge is 2.29. The predicted molar refractivity (Wildman–Crippen MR) is 93.1 cm³/mol. The van der Waals surface area contributed by atoms with Gasteiger partial charge in [0.1, 0.15) is 0 Å². The van der Waals surface area contributed by atoms with Crippen LogP contribution in [0.25, 0.3) is 0 Å². The lowest BCUT2D eigenvalue weighted by Gasteiger charge is -2.30. The smallest absolute Gasteiger partial charge is 0.0869 e. The molecule has 0 bridgehead atoms. The summed E-state index contributed by atoms with van der Waals surface area (Å²) in [6.45, 7) is 3.30. The molecule has 0 spiro atoms. The molecule has 1 fully saturated rings. The second-order valence-corrected chi connectivity index (χ2v) is 7.44. The maximum atomic E-state index is 10.4. The fourth-order valence-corrected chi connectivity index (χ4v) is 3.74. The molecule has 1 aliphatic carbocycles. The van der Waals surface area contributed by atoms with Crippen LogP contribution in [0.5, 0.6) is 0 Å². The number of nitrogens with zero attached hydrogens (tertiary/aromatic N) is 1. The third kappa shape index (κ3) is 5.71. The number of benzene rings is 1. The Morgan fingerprint density at radius 1 is 1.23 bits per heavy atom. The van der Waals surface area contributed by atoms with Crippen LogP contribution < -0.4 is 5.32 Å². The molecule has 0 saturated heterocycles. The van der Waals surface area contributed by atoms with Gasteiger partial charge in [0.05, 0.1) is 5.60 Å². The van der Waals surface area contributed by atoms with Crippen molar-refractivity contribution in [3.63, 3.8) is 0 Å². The van der Waals surface area contributed by atoms with Crippen molar-refractivity contribution in [2.45, 2.75) is 50.7 Å². The Morgan fingerprint density at radius 3 is 2.64 bits per heavy atom. The molecular formula is C19H32N2O. The molecule has 2 N–H and O–H groups in total. The van der Waals surface area contributed by atoms with E-state index in [2.05, 4.69) is 35.6 Å². The zero-order valence-electron chi connectivity index (χ0n) is 14.4. The predicted octanol–water partition coefficient (Wildman–Crippen LogP) is 2.69. The molecule has 124 valence electrons. The number of aliphatic hydroxyl groups is 1.